The predicted molar refractivity (Wildman–Crippen MR) is 238 cm³/mol. The lowest BCUT2D eigenvalue weighted by Crippen LogP contribution is -2.60. The van der Waals surface area contributed by atoms with Crippen molar-refractivity contribution in [1.82, 2.24) is 24.3 Å². The molecule has 2 aromatic rings. The fraction of sp³-hybridized carbons (Fsp3) is 0.750. The minimum absolute atomic E-state index is 0.0247. The second-order valence-corrected chi connectivity index (χ2v) is 19.6. The van der Waals surface area contributed by atoms with Gasteiger partial charge in [0.1, 0.15) is 23.9 Å². The van der Waals surface area contributed by atoms with Crippen LogP contribution in [0.25, 0.3) is 11.3 Å². The van der Waals surface area contributed by atoms with Crippen molar-refractivity contribution in [3.05, 3.63) is 36.0 Å². The Kier molecular flexibility index (Phi) is 16.1. The molecule has 0 saturated carbocycles. The number of esters is 1. The number of likely N-dealkylation sites (N-methyl/N-ethyl adjacent to an activating group) is 1. The monoisotopic (exact) mass is 882 g/mol. The molecule has 0 aromatic carbocycles. The van der Waals surface area contributed by atoms with E-state index < -0.39 is 83.4 Å². The molecule has 2 aromatic heterocycles. The van der Waals surface area contributed by atoms with Gasteiger partial charge in [0.2, 0.25) is 0 Å². The highest BCUT2D eigenvalue weighted by atomic mass is 16.7. The van der Waals surface area contributed by atoms with Crippen LogP contribution in [0.15, 0.2) is 24.8 Å². The van der Waals surface area contributed by atoms with Gasteiger partial charge in [0.05, 0.1) is 35.9 Å². The van der Waals surface area contributed by atoms with Crippen molar-refractivity contribution >= 4 is 23.6 Å². The first-order valence-corrected chi connectivity index (χ1v) is 22.8. The summed E-state index contributed by atoms with van der Waals surface area (Å²) in [6.45, 7) is 22.8. The maximum Gasteiger partial charge on any atom is 0.410 e. The third-order valence-corrected chi connectivity index (χ3v) is 14.4. The van der Waals surface area contributed by atoms with E-state index >= 15 is 0 Å². The average molecular weight is 882 g/mol. The van der Waals surface area contributed by atoms with Gasteiger partial charge in [0.15, 0.2) is 17.7 Å². The van der Waals surface area contributed by atoms with Crippen molar-refractivity contribution in [3.63, 3.8) is 0 Å². The standard InChI is InChI=1S/C48H75N5O10/c1-17-38-48(12)42(53(46(57)63-48)23-26(2)18-29(5)52-24-36(50-25-52)35-19-27(3)34(10)49-22-35)31(7)39(54)28(4)21-47(11,59-16)43(32(8)40(55)33(9)44(56)61-38)62-45-41(58-15)37(51(13)14)20-30(6)60-45/h19,22,24-26,28-33,37-38,41-43,45H,17-18,20-21,23H2,1-16H3/t26?,28-,29?,30-,31+,32+,33-,37+,38-,41-,42-,43-,45?,47-,48-/m1/s1. The van der Waals surface area contributed by atoms with E-state index in [1.165, 1.54) is 14.0 Å². The molecule has 3 aliphatic heterocycles. The highest BCUT2D eigenvalue weighted by Gasteiger charge is 2.60. The zero-order chi connectivity index (χ0) is 46.9. The van der Waals surface area contributed by atoms with Crippen molar-refractivity contribution in [2.45, 2.75) is 169 Å². The molecule has 0 spiro atoms. The van der Waals surface area contributed by atoms with Crippen molar-refractivity contribution < 1.29 is 47.6 Å². The van der Waals surface area contributed by atoms with Crippen LogP contribution in [0.3, 0.4) is 0 Å². The number of aryl methyl sites for hydroxylation is 2. The van der Waals surface area contributed by atoms with Crippen molar-refractivity contribution in [1.29, 1.82) is 0 Å². The predicted octanol–water partition coefficient (Wildman–Crippen LogP) is 7.01. The summed E-state index contributed by atoms with van der Waals surface area (Å²) in [5, 5.41) is 0. The van der Waals surface area contributed by atoms with Gasteiger partial charge in [0.25, 0.3) is 0 Å². The molecule has 3 aliphatic rings. The van der Waals surface area contributed by atoms with E-state index in [2.05, 4.69) is 39.3 Å². The minimum Gasteiger partial charge on any atom is -0.458 e. The molecule has 352 valence electrons. The molecule has 1 amide bonds. The third kappa shape index (κ3) is 10.4. The summed E-state index contributed by atoms with van der Waals surface area (Å²) in [7, 11) is 7.10. The Bertz CT molecular complexity index is 1940. The van der Waals surface area contributed by atoms with E-state index in [9.17, 15) is 19.2 Å². The van der Waals surface area contributed by atoms with Crippen LogP contribution in [0.5, 0.6) is 0 Å². The van der Waals surface area contributed by atoms with Gasteiger partial charge < -0.3 is 42.8 Å². The van der Waals surface area contributed by atoms with Gasteiger partial charge in [-0.15, -0.1) is 0 Å². The quantitative estimate of drug-likeness (QED) is 0.158. The number of carbonyl (C=O) groups is 4. The van der Waals surface area contributed by atoms with E-state index in [1.54, 1.807) is 25.9 Å². The van der Waals surface area contributed by atoms with Gasteiger partial charge >= 0.3 is 12.1 Å². The van der Waals surface area contributed by atoms with Gasteiger partial charge in [-0.2, -0.15) is 0 Å². The topological polar surface area (TPSA) is 161 Å². The average Bonchev–Trinajstić information content (AvgIpc) is 3.83. The Hall–Kier alpha value is -3.76. The lowest BCUT2D eigenvalue weighted by atomic mass is 9.73. The van der Waals surface area contributed by atoms with Gasteiger partial charge in [-0.05, 0) is 106 Å². The molecule has 3 unspecified atom stereocenters. The molecule has 3 fully saturated rings. The molecular formula is C48H75N5O10. The smallest absolute Gasteiger partial charge is 0.410 e. The van der Waals surface area contributed by atoms with Gasteiger partial charge in [-0.3, -0.25) is 19.4 Å². The Morgan fingerprint density at radius 3 is 2.27 bits per heavy atom. The van der Waals surface area contributed by atoms with Crippen molar-refractivity contribution in [2.24, 2.45) is 29.6 Å². The Balaban J connectivity index is 1.47. The molecule has 0 radical (unpaired) electrons. The zero-order valence-corrected chi connectivity index (χ0v) is 40.7. The summed E-state index contributed by atoms with van der Waals surface area (Å²) in [4.78, 5) is 70.7. The van der Waals surface area contributed by atoms with Crippen molar-refractivity contribution in [3.8, 4) is 11.3 Å². The molecule has 15 nitrogen and oxygen atoms in total. The van der Waals surface area contributed by atoms with Gasteiger partial charge in [0, 0.05) is 74.3 Å². The van der Waals surface area contributed by atoms with E-state index in [0.717, 1.165) is 22.5 Å². The number of ether oxygens (including phenoxy) is 6. The number of amides is 1. The summed E-state index contributed by atoms with van der Waals surface area (Å²) in [5.74, 6) is -4.81. The molecular weight excluding hydrogens is 807 g/mol. The minimum atomic E-state index is -1.41. The van der Waals surface area contributed by atoms with Gasteiger partial charge in [-0.25, -0.2) is 9.78 Å². The summed E-state index contributed by atoms with van der Waals surface area (Å²) >= 11 is 0. The SMILES string of the molecule is CC[C@H]1OC(=O)[C@H](C)C(=O)[C@H](C)[C@@H](OC2O[C@H](C)C[C@H](N(C)C)[C@H]2OC)[C@](C)(OC)C[C@@H](C)C(=O)[C@H](C)[C@H]2N(CC(C)CC(C)n3cnc(-c4cnc(C)c(C)c4)c3)C(=O)O[C@]12C. The number of fused-ring (bicyclic) bond motifs is 1. The Morgan fingerprint density at radius 2 is 1.67 bits per heavy atom. The molecule has 0 N–H and O–H groups in total. The number of aromatic nitrogens is 3. The van der Waals surface area contributed by atoms with Crippen molar-refractivity contribution in [2.75, 3.05) is 34.9 Å². The van der Waals surface area contributed by atoms with Gasteiger partial charge in [-0.1, -0.05) is 34.6 Å². The van der Waals surface area contributed by atoms with Crippen LogP contribution < -0.4 is 0 Å². The number of hydrogen-bond donors (Lipinski definition) is 0. The number of Topliss-reactive ketones (excluding diaryl/α,β-unsaturated/α-hetero) is 2. The maximum atomic E-state index is 14.9. The van der Waals surface area contributed by atoms with Crippen LogP contribution in [0.2, 0.25) is 0 Å². The second kappa shape index (κ2) is 20.2. The third-order valence-electron chi connectivity index (χ3n) is 14.4. The van der Waals surface area contributed by atoms with Crippen LogP contribution in [0.4, 0.5) is 4.79 Å². The Morgan fingerprint density at radius 1 is 0.984 bits per heavy atom. The number of methoxy groups -OCH3 is 2. The number of ketones is 2. The molecule has 63 heavy (non-hydrogen) atoms. The maximum absolute atomic E-state index is 14.9. The number of carbonyl (C=O) groups excluding carboxylic acids is 4. The van der Waals surface area contributed by atoms with E-state index in [-0.39, 0.29) is 49.3 Å². The van der Waals surface area contributed by atoms with Crippen LogP contribution in [-0.2, 0) is 42.8 Å². The lowest BCUT2D eigenvalue weighted by Gasteiger charge is -2.48. The van der Waals surface area contributed by atoms with Crippen LogP contribution in [-0.4, -0.2) is 137 Å². The summed E-state index contributed by atoms with van der Waals surface area (Å²) in [5.41, 5.74) is 1.20. The highest BCUT2D eigenvalue weighted by Crippen LogP contribution is 2.44. The second-order valence-electron chi connectivity index (χ2n) is 19.6. The first kappa shape index (κ1) is 50.2. The van der Waals surface area contributed by atoms with E-state index in [1.807, 2.05) is 81.3 Å². The molecule has 5 rings (SSSR count). The number of cyclic esters (lactones) is 1. The first-order valence-electron chi connectivity index (χ1n) is 22.8. The fourth-order valence-corrected chi connectivity index (χ4v) is 10.5. The lowest BCUT2D eigenvalue weighted by molar-refractivity contribution is -0.299. The largest absolute Gasteiger partial charge is 0.458 e. The molecule has 15 atom stereocenters. The fourth-order valence-electron chi connectivity index (χ4n) is 10.5. The zero-order valence-electron chi connectivity index (χ0n) is 40.7. The normalized spacial score (nSPS) is 35.8. The summed E-state index contributed by atoms with van der Waals surface area (Å²) in [6, 6.07) is 1.26. The van der Waals surface area contributed by atoms with E-state index in [4.69, 9.17) is 28.4 Å². The number of pyridine rings is 1. The molecule has 0 aliphatic carbocycles. The first-order chi connectivity index (χ1) is 29.5. The molecule has 0 bridgehead atoms. The van der Waals surface area contributed by atoms with Crippen LogP contribution in [0, 0.1) is 43.4 Å². The van der Waals surface area contributed by atoms with Crippen LogP contribution in [0.1, 0.15) is 112 Å². The highest BCUT2D eigenvalue weighted by molar-refractivity contribution is 6.00. The van der Waals surface area contributed by atoms with E-state index in [0.29, 0.717) is 12.8 Å². The number of imidazole rings is 1. The number of nitrogens with zero attached hydrogens (tertiary/aromatic N) is 5. The molecule has 15 heteroatoms. The number of hydrogen-bond acceptors (Lipinski definition) is 13. The van der Waals surface area contributed by atoms with Crippen LogP contribution >= 0.6 is 0 Å². The summed E-state index contributed by atoms with van der Waals surface area (Å²) in [6.07, 6.45) is 3.40. The molecule has 3 saturated heterocycles. The molecule has 5 heterocycles. The Labute approximate surface area is 375 Å². The number of rotatable bonds is 12. The summed E-state index contributed by atoms with van der Waals surface area (Å²) < 4.78 is 40.1.